The van der Waals surface area contributed by atoms with Gasteiger partial charge in [-0.1, -0.05) is 30.3 Å². The normalized spacial score (nSPS) is 24.6. The summed E-state index contributed by atoms with van der Waals surface area (Å²) in [5.41, 5.74) is 1.27. The van der Waals surface area contributed by atoms with Crippen LogP contribution >= 0.6 is 0 Å². The van der Waals surface area contributed by atoms with Crippen molar-refractivity contribution in [2.24, 2.45) is 0 Å². The molecule has 1 atom stereocenters. The van der Waals surface area contributed by atoms with E-state index in [0.29, 0.717) is 12.6 Å². The van der Waals surface area contributed by atoms with E-state index in [1.54, 1.807) is 0 Å². The van der Waals surface area contributed by atoms with E-state index in [-0.39, 0.29) is 12.1 Å². The molecule has 0 spiro atoms. The van der Waals surface area contributed by atoms with Crippen molar-refractivity contribution in [2.75, 3.05) is 6.61 Å². The Hall–Kier alpha value is -1.51. The predicted octanol–water partition coefficient (Wildman–Crippen LogP) is 2.21. The van der Waals surface area contributed by atoms with Crippen LogP contribution in [-0.2, 0) is 11.2 Å². The van der Waals surface area contributed by atoms with Gasteiger partial charge in [0.1, 0.15) is 6.61 Å². The lowest BCUT2D eigenvalue weighted by Gasteiger charge is -2.20. The highest BCUT2D eigenvalue weighted by Gasteiger charge is 2.42. The molecule has 84 valence electrons. The molecule has 1 aliphatic heterocycles. The number of nitrogens with zero attached hydrogens (tertiary/aromatic N) is 1. The number of benzene rings is 1. The lowest BCUT2D eigenvalue weighted by atomic mass is 10.1. The summed E-state index contributed by atoms with van der Waals surface area (Å²) in [7, 11) is 0. The van der Waals surface area contributed by atoms with Crippen molar-refractivity contribution in [3.8, 4) is 0 Å². The fourth-order valence-electron chi connectivity index (χ4n) is 2.31. The predicted molar refractivity (Wildman–Crippen MR) is 60.1 cm³/mol. The Kier molecular flexibility index (Phi) is 2.31. The second-order valence-electron chi connectivity index (χ2n) is 4.56. The average molecular weight is 217 g/mol. The molecule has 0 unspecified atom stereocenters. The minimum atomic E-state index is -0.122. The third kappa shape index (κ3) is 1.77. The van der Waals surface area contributed by atoms with E-state index in [1.165, 1.54) is 5.56 Å². The van der Waals surface area contributed by atoms with E-state index in [4.69, 9.17) is 4.74 Å². The smallest absolute Gasteiger partial charge is 0.410 e. The molecule has 0 bridgehead atoms. The highest BCUT2D eigenvalue weighted by atomic mass is 16.6. The van der Waals surface area contributed by atoms with E-state index >= 15 is 0 Å². The van der Waals surface area contributed by atoms with Gasteiger partial charge in [0.05, 0.1) is 6.04 Å². The standard InChI is InChI=1S/C13H15NO2/c15-13-14(11-6-7-11)12(9-16-13)8-10-4-2-1-3-5-10/h1-5,11-12H,6-9H2/t12-/m0/s1. The highest BCUT2D eigenvalue weighted by Crippen LogP contribution is 2.32. The van der Waals surface area contributed by atoms with Crippen molar-refractivity contribution in [3.63, 3.8) is 0 Å². The largest absolute Gasteiger partial charge is 0.447 e. The molecule has 1 amide bonds. The lowest BCUT2D eigenvalue weighted by Crippen LogP contribution is -2.36. The molecule has 1 aromatic carbocycles. The summed E-state index contributed by atoms with van der Waals surface area (Å²) in [5.74, 6) is 0. The maximum Gasteiger partial charge on any atom is 0.410 e. The molecule has 1 aliphatic carbocycles. The van der Waals surface area contributed by atoms with Crippen molar-refractivity contribution in [2.45, 2.75) is 31.3 Å². The van der Waals surface area contributed by atoms with Crippen LogP contribution in [0.15, 0.2) is 30.3 Å². The van der Waals surface area contributed by atoms with Crippen LogP contribution in [0.3, 0.4) is 0 Å². The first-order chi connectivity index (χ1) is 7.84. The summed E-state index contributed by atoms with van der Waals surface area (Å²) >= 11 is 0. The van der Waals surface area contributed by atoms with Gasteiger partial charge in [0.25, 0.3) is 0 Å². The van der Waals surface area contributed by atoms with E-state index < -0.39 is 0 Å². The molecular weight excluding hydrogens is 202 g/mol. The quantitative estimate of drug-likeness (QED) is 0.777. The first-order valence-electron chi connectivity index (χ1n) is 5.83. The molecule has 1 saturated carbocycles. The van der Waals surface area contributed by atoms with Gasteiger partial charge in [0, 0.05) is 6.04 Å². The van der Waals surface area contributed by atoms with Gasteiger partial charge in [-0.3, -0.25) is 4.90 Å². The molecule has 3 rings (SSSR count). The molecule has 2 fully saturated rings. The Balaban J connectivity index is 1.72. The Morgan fingerprint density at radius 2 is 2.00 bits per heavy atom. The van der Waals surface area contributed by atoms with Crippen LogP contribution in [0.2, 0.25) is 0 Å². The van der Waals surface area contributed by atoms with Gasteiger partial charge in [-0.25, -0.2) is 4.79 Å². The average Bonchev–Trinajstić information content (AvgIpc) is 3.07. The molecule has 1 aromatic rings. The van der Waals surface area contributed by atoms with Crippen LogP contribution in [0.25, 0.3) is 0 Å². The Morgan fingerprint density at radius 1 is 1.25 bits per heavy atom. The molecule has 0 aromatic heterocycles. The fraction of sp³-hybridized carbons (Fsp3) is 0.462. The molecule has 1 heterocycles. The van der Waals surface area contributed by atoms with E-state index in [0.717, 1.165) is 19.3 Å². The number of rotatable bonds is 3. The van der Waals surface area contributed by atoms with Crippen LogP contribution in [0, 0.1) is 0 Å². The maximum atomic E-state index is 11.6. The second kappa shape index (κ2) is 3.81. The zero-order valence-electron chi connectivity index (χ0n) is 9.13. The van der Waals surface area contributed by atoms with Crippen LogP contribution in [0.4, 0.5) is 4.79 Å². The van der Waals surface area contributed by atoms with Gasteiger partial charge in [-0.15, -0.1) is 0 Å². The summed E-state index contributed by atoms with van der Waals surface area (Å²) in [6.07, 6.45) is 3.06. The van der Waals surface area contributed by atoms with Crippen molar-refractivity contribution in [1.82, 2.24) is 4.90 Å². The van der Waals surface area contributed by atoms with Crippen LogP contribution in [-0.4, -0.2) is 29.7 Å². The monoisotopic (exact) mass is 217 g/mol. The third-order valence-electron chi connectivity index (χ3n) is 3.26. The molecule has 16 heavy (non-hydrogen) atoms. The van der Waals surface area contributed by atoms with Gasteiger partial charge in [0.2, 0.25) is 0 Å². The zero-order chi connectivity index (χ0) is 11.0. The first kappa shape index (κ1) is 9.70. The molecule has 0 N–H and O–H groups in total. The summed E-state index contributed by atoms with van der Waals surface area (Å²) in [6.45, 7) is 0.546. The van der Waals surface area contributed by atoms with E-state index in [1.807, 2.05) is 23.1 Å². The van der Waals surface area contributed by atoms with Crippen LogP contribution in [0.5, 0.6) is 0 Å². The molecule has 3 heteroatoms. The summed E-state index contributed by atoms with van der Waals surface area (Å²) in [5, 5.41) is 0. The maximum absolute atomic E-state index is 11.6. The molecular formula is C13H15NO2. The van der Waals surface area contributed by atoms with Crippen LogP contribution < -0.4 is 0 Å². The second-order valence-corrected chi connectivity index (χ2v) is 4.56. The zero-order valence-corrected chi connectivity index (χ0v) is 9.13. The summed E-state index contributed by atoms with van der Waals surface area (Å²) in [6, 6.07) is 11.0. The molecule has 2 aliphatic rings. The number of hydrogen-bond acceptors (Lipinski definition) is 2. The first-order valence-corrected chi connectivity index (χ1v) is 5.83. The van der Waals surface area contributed by atoms with Gasteiger partial charge in [-0.05, 0) is 24.8 Å². The van der Waals surface area contributed by atoms with E-state index in [9.17, 15) is 4.79 Å². The summed E-state index contributed by atoms with van der Waals surface area (Å²) in [4.78, 5) is 13.5. The number of amides is 1. The number of cyclic esters (lactones) is 1. The van der Waals surface area contributed by atoms with Crippen molar-refractivity contribution >= 4 is 6.09 Å². The lowest BCUT2D eigenvalue weighted by molar-refractivity contribution is 0.156. The van der Waals surface area contributed by atoms with E-state index in [2.05, 4.69) is 12.1 Å². The molecule has 1 saturated heterocycles. The van der Waals surface area contributed by atoms with Crippen molar-refractivity contribution < 1.29 is 9.53 Å². The Morgan fingerprint density at radius 3 is 2.69 bits per heavy atom. The topological polar surface area (TPSA) is 29.5 Å². The minimum absolute atomic E-state index is 0.122. The number of carbonyl (C=O) groups excluding carboxylic acids is 1. The minimum Gasteiger partial charge on any atom is -0.447 e. The molecule has 3 nitrogen and oxygen atoms in total. The van der Waals surface area contributed by atoms with Crippen LogP contribution in [0.1, 0.15) is 18.4 Å². The third-order valence-corrected chi connectivity index (χ3v) is 3.26. The number of hydrogen-bond donors (Lipinski definition) is 0. The Bertz CT molecular complexity index is 386. The van der Waals surface area contributed by atoms with Gasteiger partial charge < -0.3 is 4.74 Å². The Labute approximate surface area is 95.0 Å². The summed E-state index contributed by atoms with van der Waals surface area (Å²) < 4.78 is 5.14. The van der Waals surface area contributed by atoms with Gasteiger partial charge >= 0.3 is 6.09 Å². The highest BCUT2D eigenvalue weighted by molar-refractivity contribution is 5.71. The van der Waals surface area contributed by atoms with Crippen molar-refractivity contribution in [3.05, 3.63) is 35.9 Å². The van der Waals surface area contributed by atoms with Crippen molar-refractivity contribution in [1.29, 1.82) is 0 Å². The fourth-order valence-corrected chi connectivity index (χ4v) is 2.31. The van der Waals surface area contributed by atoms with Gasteiger partial charge in [-0.2, -0.15) is 0 Å². The molecule has 0 radical (unpaired) electrons. The number of carbonyl (C=O) groups is 1. The number of ether oxygens (including phenoxy) is 1. The van der Waals surface area contributed by atoms with Gasteiger partial charge in [0.15, 0.2) is 0 Å². The SMILES string of the molecule is O=C1OC[C@H](Cc2ccccc2)N1C1CC1.